The number of carbonyl (C=O) groups is 1. The third kappa shape index (κ3) is 2.07. The molecule has 2 nitrogen and oxygen atoms in total. The van der Waals surface area contributed by atoms with Gasteiger partial charge in [0.25, 0.3) is 0 Å². The van der Waals surface area contributed by atoms with Crippen molar-refractivity contribution in [2.24, 2.45) is 0 Å². The fourth-order valence-corrected chi connectivity index (χ4v) is 1.52. The summed E-state index contributed by atoms with van der Waals surface area (Å²) in [5, 5.41) is -0.105. The van der Waals surface area contributed by atoms with E-state index in [1.54, 1.807) is 0 Å². The maximum absolute atomic E-state index is 13.4. The Labute approximate surface area is 94.1 Å². The van der Waals surface area contributed by atoms with Crippen molar-refractivity contribution in [3.05, 3.63) is 28.5 Å². The average Bonchev–Trinajstić information content (AvgIpc) is 2.21. The largest absolute Gasteiger partial charge is 0.495 e. The molecular formula is C9H7BrClFO2. The Bertz CT molecular complexity index is 368. The third-order valence-corrected chi connectivity index (χ3v) is 2.55. The van der Waals surface area contributed by atoms with E-state index in [9.17, 15) is 9.18 Å². The molecule has 5 heteroatoms. The van der Waals surface area contributed by atoms with Gasteiger partial charge >= 0.3 is 0 Å². The molecule has 0 aliphatic carbocycles. The lowest BCUT2D eigenvalue weighted by Crippen LogP contribution is -2.04. The highest BCUT2D eigenvalue weighted by atomic mass is 79.9. The number of hydrogen-bond donors (Lipinski definition) is 0. The van der Waals surface area contributed by atoms with Crippen molar-refractivity contribution in [2.45, 2.75) is 0 Å². The van der Waals surface area contributed by atoms with Crippen LogP contribution in [0.25, 0.3) is 0 Å². The Morgan fingerprint density at radius 1 is 1.64 bits per heavy atom. The summed E-state index contributed by atoms with van der Waals surface area (Å²) in [6, 6.07) is 2.81. The van der Waals surface area contributed by atoms with E-state index >= 15 is 0 Å². The maximum Gasteiger partial charge on any atom is 0.176 e. The molecule has 0 heterocycles. The molecule has 1 rings (SSSR count). The number of Topliss-reactive ketones (excluding diaryl/α,β-unsaturated/α-hetero) is 1. The molecule has 0 N–H and O–H groups in total. The van der Waals surface area contributed by atoms with Gasteiger partial charge in [-0.2, -0.15) is 0 Å². The molecule has 76 valence electrons. The van der Waals surface area contributed by atoms with Crippen LogP contribution < -0.4 is 4.74 Å². The van der Waals surface area contributed by atoms with Crippen molar-refractivity contribution in [1.29, 1.82) is 0 Å². The minimum atomic E-state index is -0.740. The summed E-state index contributed by atoms with van der Waals surface area (Å²) in [7, 11) is 1.38. The van der Waals surface area contributed by atoms with E-state index in [1.807, 2.05) is 0 Å². The number of carbonyl (C=O) groups excluding carboxylic acids is 1. The van der Waals surface area contributed by atoms with Crippen molar-refractivity contribution in [3.8, 4) is 5.75 Å². The number of hydrogen-bond acceptors (Lipinski definition) is 2. The van der Waals surface area contributed by atoms with Gasteiger partial charge in [0.15, 0.2) is 11.6 Å². The number of benzene rings is 1. The van der Waals surface area contributed by atoms with Crippen LogP contribution in [0.1, 0.15) is 10.4 Å². The summed E-state index contributed by atoms with van der Waals surface area (Å²) >= 11 is 8.59. The van der Waals surface area contributed by atoms with Crippen LogP contribution in [0.3, 0.4) is 0 Å². The second-order valence-electron chi connectivity index (χ2n) is 2.50. The lowest BCUT2D eigenvalue weighted by Gasteiger charge is -2.06. The minimum absolute atomic E-state index is 0.0346. The SMILES string of the molecule is COc1ccc(C(=O)CBr)c(F)c1Cl. The average molecular weight is 282 g/mol. The molecule has 14 heavy (non-hydrogen) atoms. The summed E-state index contributed by atoms with van der Waals surface area (Å²) in [6.45, 7) is 0. The number of rotatable bonds is 3. The molecule has 0 aliphatic rings. The summed E-state index contributed by atoms with van der Waals surface area (Å²) in [4.78, 5) is 11.2. The summed E-state index contributed by atoms with van der Waals surface area (Å²) in [5.74, 6) is -0.877. The van der Waals surface area contributed by atoms with E-state index in [0.717, 1.165) is 0 Å². The van der Waals surface area contributed by atoms with Gasteiger partial charge in [0.1, 0.15) is 10.8 Å². The molecule has 0 amide bonds. The van der Waals surface area contributed by atoms with Crippen LogP contribution in [-0.2, 0) is 0 Å². The van der Waals surface area contributed by atoms with E-state index in [-0.39, 0.29) is 27.4 Å². The van der Waals surface area contributed by atoms with Crippen LogP contribution in [0.5, 0.6) is 5.75 Å². The van der Waals surface area contributed by atoms with E-state index < -0.39 is 5.82 Å². The van der Waals surface area contributed by atoms with Crippen molar-refractivity contribution in [2.75, 3.05) is 12.4 Å². The van der Waals surface area contributed by atoms with E-state index in [4.69, 9.17) is 16.3 Å². The third-order valence-electron chi connectivity index (χ3n) is 1.69. The summed E-state index contributed by atoms with van der Waals surface area (Å²) in [6.07, 6.45) is 0. The molecule has 0 spiro atoms. The highest BCUT2D eigenvalue weighted by Crippen LogP contribution is 2.29. The van der Waals surface area contributed by atoms with Crippen LogP contribution >= 0.6 is 27.5 Å². The van der Waals surface area contributed by atoms with Crippen LogP contribution in [0.2, 0.25) is 5.02 Å². The molecule has 0 atom stereocenters. The van der Waals surface area contributed by atoms with Crippen LogP contribution in [0, 0.1) is 5.82 Å². The van der Waals surface area contributed by atoms with Gasteiger partial charge in [-0.25, -0.2) is 4.39 Å². The number of ketones is 1. The number of halogens is 3. The monoisotopic (exact) mass is 280 g/mol. The van der Waals surface area contributed by atoms with E-state index in [1.165, 1.54) is 19.2 Å². The lowest BCUT2D eigenvalue weighted by molar-refractivity contribution is 0.102. The van der Waals surface area contributed by atoms with Crippen molar-refractivity contribution >= 4 is 33.3 Å². The molecule has 0 bridgehead atoms. The second kappa shape index (κ2) is 4.75. The quantitative estimate of drug-likeness (QED) is 0.629. The highest BCUT2D eigenvalue weighted by molar-refractivity contribution is 9.09. The number of ether oxygens (including phenoxy) is 1. The molecule has 0 aliphatic heterocycles. The normalized spacial score (nSPS) is 10.0. The molecule has 1 aromatic carbocycles. The van der Waals surface area contributed by atoms with Gasteiger partial charge in [-0.05, 0) is 12.1 Å². The smallest absolute Gasteiger partial charge is 0.176 e. The topological polar surface area (TPSA) is 26.3 Å². The van der Waals surface area contributed by atoms with Gasteiger partial charge in [0, 0.05) is 0 Å². The molecular weight excluding hydrogens is 274 g/mol. The fourth-order valence-electron chi connectivity index (χ4n) is 0.977. The fraction of sp³-hybridized carbons (Fsp3) is 0.222. The maximum atomic E-state index is 13.4. The predicted octanol–water partition coefficient (Wildman–Crippen LogP) is 3.07. The van der Waals surface area contributed by atoms with Gasteiger partial charge in [0.05, 0.1) is 18.0 Å². The zero-order valence-corrected chi connectivity index (χ0v) is 9.65. The Kier molecular flexibility index (Phi) is 3.89. The van der Waals surface area contributed by atoms with E-state index in [0.29, 0.717) is 0 Å². The van der Waals surface area contributed by atoms with Crippen molar-refractivity contribution in [3.63, 3.8) is 0 Å². The summed E-state index contributed by atoms with van der Waals surface area (Å²) < 4.78 is 18.2. The van der Waals surface area contributed by atoms with Crippen molar-refractivity contribution in [1.82, 2.24) is 0 Å². The highest BCUT2D eigenvalue weighted by Gasteiger charge is 2.16. The Morgan fingerprint density at radius 2 is 2.29 bits per heavy atom. The minimum Gasteiger partial charge on any atom is -0.495 e. The zero-order valence-electron chi connectivity index (χ0n) is 7.31. The zero-order chi connectivity index (χ0) is 10.7. The van der Waals surface area contributed by atoms with Crippen LogP contribution in [0.15, 0.2) is 12.1 Å². The molecule has 1 aromatic rings. The second-order valence-corrected chi connectivity index (χ2v) is 3.44. The standard InChI is InChI=1S/C9H7BrClFO2/c1-14-7-3-2-5(6(13)4-10)9(12)8(7)11/h2-3H,4H2,1H3. The molecule has 0 radical (unpaired) electrons. The Hall–Kier alpha value is -0.610. The number of methoxy groups -OCH3 is 1. The first kappa shape index (κ1) is 11.5. The van der Waals surface area contributed by atoms with Gasteiger partial charge in [-0.3, -0.25) is 4.79 Å². The first-order chi connectivity index (χ1) is 6.61. The Morgan fingerprint density at radius 3 is 2.79 bits per heavy atom. The lowest BCUT2D eigenvalue weighted by atomic mass is 10.1. The first-order valence-electron chi connectivity index (χ1n) is 3.73. The van der Waals surface area contributed by atoms with Gasteiger partial charge in [-0.1, -0.05) is 27.5 Å². The molecule has 0 saturated heterocycles. The van der Waals surface area contributed by atoms with Crippen molar-refractivity contribution < 1.29 is 13.9 Å². The van der Waals surface area contributed by atoms with E-state index in [2.05, 4.69) is 15.9 Å². The van der Waals surface area contributed by atoms with Crippen LogP contribution in [-0.4, -0.2) is 18.2 Å². The van der Waals surface area contributed by atoms with Gasteiger partial charge in [0.2, 0.25) is 0 Å². The molecule has 0 saturated carbocycles. The summed E-state index contributed by atoms with van der Waals surface area (Å²) in [5.41, 5.74) is -0.0346. The number of alkyl halides is 1. The van der Waals surface area contributed by atoms with Gasteiger partial charge < -0.3 is 4.74 Å². The molecule has 0 unspecified atom stereocenters. The Balaban J connectivity index is 3.24. The molecule has 0 fully saturated rings. The van der Waals surface area contributed by atoms with Gasteiger partial charge in [-0.15, -0.1) is 0 Å². The molecule has 0 aromatic heterocycles. The predicted molar refractivity (Wildman–Crippen MR) is 56.1 cm³/mol. The first-order valence-corrected chi connectivity index (χ1v) is 5.23. The van der Waals surface area contributed by atoms with Crippen LogP contribution in [0.4, 0.5) is 4.39 Å².